The molecule has 0 bridgehead atoms. The summed E-state index contributed by atoms with van der Waals surface area (Å²) in [4.78, 5) is 9.21. The highest BCUT2D eigenvalue weighted by atomic mass is 15.3. The lowest BCUT2D eigenvalue weighted by Gasteiger charge is -2.16. The van der Waals surface area contributed by atoms with E-state index in [9.17, 15) is 0 Å². The predicted octanol–water partition coefficient (Wildman–Crippen LogP) is 1.90. The Hall–Kier alpha value is -1.91. The molecule has 3 rings (SSSR count). The summed E-state index contributed by atoms with van der Waals surface area (Å²) in [6, 6.07) is 0. The molecule has 0 aliphatic heterocycles. The van der Waals surface area contributed by atoms with E-state index in [0.717, 1.165) is 47.6 Å². The molecule has 0 atom stereocenters. The van der Waals surface area contributed by atoms with Gasteiger partial charge in [-0.15, -0.1) is 0 Å². The maximum atomic E-state index is 6.10. The number of nitrogens with zero attached hydrogens (tertiary/aromatic N) is 4. The number of rotatable bonds is 2. The molecular formula is C14H19N5. The van der Waals surface area contributed by atoms with Crippen LogP contribution in [0.15, 0.2) is 6.20 Å². The van der Waals surface area contributed by atoms with Gasteiger partial charge in [-0.05, 0) is 32.1 Å². The minimum Gasteiger partial charge on any atom is -0.383 e. The van der Waals surface area contributed by atoms with E-state index < -0.39 is 0 Å². The summed E-state index contributed by atoms with van der Waals surface area (Å²) < 4.78 is 1.81. The summed E-state index contributed by atoms with van der Waals surface area (Å²) in [6.07, 6.45) is 7.24. The van der Waals surface area contributed by atoms with Gasteiger partial charge in [-0.1, -0.05) is 6.92 Å². The van der Waals surface area contributed by atoms with Gasteiger partial charge < -0.3 is 5.73 Å². The molecule has 5 heteroatoms. The van der Waals surface area contributed by atoms with E-state index in [0.29, 0.717) is 5.82 Å². The summed E-state index contributed by atoms with van der Waals surface area (Å²) in [5.74, 6) is 1.37. The van der Waals surface area contributed by atoms with Crippen molar-refractivity contribution in [2.45, 2.75) is 39.0 Å². The quantitative estimate of drug-likeness (QED) is 0.892. The molecular weight excluding hydrogens is 238 g/mol. The maximum absolute atomic E-state index is 6.10. The van der Waals surface area contributed by atoms with Crippen LogP contribution in [0, 0.1) is 0 Å². The second-order valence-electron chi connectivity index (χ2n) is 5.08. The van der Waals surface area contributed by atoms with Gasteiger partial charge in [0.1, 0.15) is 5.82 Å². The van der Waals surface area contributed by atoms with E-state index in [1.807, 2.05) is 17.9 Å². The molecule has 0 saturated heterocycles. The Morgan fingerprint density at radius 2 is 2.05 bits per heavy atom. The van der Waals surface area contributed by atoms with Gasteiger partial charge in [-0.3, -0.25) is 4.68 Å². The zero-order chi connectivity index (χ0) is 13.4. The highest BCUT2D eigenvalue weighted by Gasteiger charge is 2.19. The molecule has 0 saturated carbocycles. The van der Waals surface area contributed by atoms with Crippen molar-refractivity contribution < 1.29 is 0 Å². The van der Waals surface area contributed by atoms with E-state index in [-0.39, 0.29) is 0 Å². The number of aryl methyl sites for hydroxylation is 3. The van der Waals surface area contributed by atoms with Crippen LogP contribution in [0.5, 0.6) is 0 Å². The third-order valence-electron chi connectivity index (χ3n) is 3.70. The number of anilines is 1. The van der Waals surface area contributed by atoms with Crippen LogP contribution in [0.2, 0.25) is 0 Å². The highest BCUT2D eigenvalue weighted by molar-refractivity contribution is 5.61. The van der Waals surface area contributed by atoms with Crippen molar-refractivity contribution in [1.82, 2.24) is 19.7 Å². The molecule has 0 fully saturated rings. The summed E-state index contributed by atoms with van der Waals surface area (Å²) in [6.45, 7) is 2.09. The fourth-order valence-corrected chi connectivity index (χ4v) is 2.73. The minimum absolute atomic E-state index is 0.644. The molecule has 2 heterocycles. The number of aromatic nitrogens is 4. The molecule has 2 aromatic heterocycles. The van der Waals surface area contributed by atoms with Gasteiger partial charge in [-0.2, -0.15) is 5.10 Å². The molecule has 100 valence electrons. The molecule has 2 aromatic rings. The Morgan fingerprint density at radius 1 is 1.26 bits per heavy atom. The van der Waals surface area contributed by atoms with Gasteiger partial charge in [0.15, 0.2) is 5.82 Å². The summed E-state index contributed by atoms with van der Waals surface area (Å²) in [7, 11) is 1.92. The third kappa shape index (κ3) is 2.09. The lowest BCUT2D eigenvalue weighted by Crippen LogP contribution is -2.12. The fourth-order valence-electron chi connectivity index (χ4n) is 2.73. The van der Waals surface area contributed by atoms with Crippen molar-refractivity contribution in [3.63, 3.8) is 0 Å². The largest absolute Gasteiger partial charge is 0.383 e. The van der Waals surface area contributed by atoms with Gasteiger partial charge in [0.2, 0.25) is 0 Å². The highest BCUT2D eigenvalue weighted by Crippen LogP contribution is 2.28. The molecule has 0 radical (unpaired) electrons. The van der Waals surface area contributed by atoms with Gasteiger partial charge in [-0.25, -0.2) is 9.97 Å². The van der Waals surface area contributed by atoms with Crippen molar-refractivity contribution in [2.75, 3.05) is 5.73 Å². The predicted molar refractivity (Wildman–Crippen MR) is 74.7 cm³/mol. The molecule has 5 nitrogen and oxygen atoms in total. The molecule has 0 amide bonds. The molecule has 0 unspecified atom stereocenters. The van der Waals surface area contributed by atoms with Crippen LogP contribution >= 0.6 is 0 Å². The normalized spacial score (nSPS) is 14.4. The number of fused-ring (bicyclic) bond motifs is 1. The Kier molecular flexibility index (Phi) is 2.97. The summed E-state index contributed by atoms with van der Waals surface area (Å²) in [5, 5.41) is 4.44. The molecule has 2 N–H and O–H groups in total. The Bertz CT molecular complexity index is 615. The zero-order valence-electron chi connectivity index (χ0n) is 11.5. The number of hydrogen-bond donors (Lipinski definition) is 1. The zero-order valence-corrected chi connectivity index (χ0v) is 11.5. The van der Waals surface area contributed by atoms with Crippen LogP contribution in [0.25, 0.3) is 11.4 Å². The molecule has 19 heavy (non-hydrogen) atoms. The van der Waals surface area contributed by atoms with Crippen molar-refractivity contribution in [1.29, 1.82) is 0 Å². The second-order valence-corrected chi connectivity index (χ2v) is 5.08. The SMILES string of the molecule is CCc1nn(C)cc1-c1nc(N)c2c(n1)CCCC2. The van der Waals surface area contributed by atoms with Crippen LogP contribution in [-0.2, 0) is 26.3 Å². The van der Waals surface area contributed by atoms with Crippen LogP contribution in [-0.4, -0.2) is 19.7 Å². The number of nitrogens with two attached hydrogens (primary N) is 1. The fraction of sp³-hybridized carbons (Fsp3) is 0.500. The summed E-state index contributed by atoms with van der Waals surface area (Å²) >= 11 is 0. The molecule has 1 aliphatic carbocycles. The lowest BCUT2D eigenvalue weighted by molar-refractivity contribution is 0.666. The van der Waals surface area contributed by atoms with Crippen molar-refractivity contribution in [3.05, 3.63) is 23.1 Å². The van der Waals surface area contributed by atoms with Crippen LogP contribution in [0.1, 0.15) is 36.7 Å². The van der Waals surface area contributed by atoms with Gasteiger partial charge >= 0.3 is 0 Å². The first-order valence-corrected chi connectivity index (χ1v) is 6.87. The van der Waals surface area contributed by atoms with E-state index in [4.69, 9.17) is 10.7 Å². The first-order valence-electron chi connectivity index (χ1n) is 6.87. The Morgan fingerprint density at radius 3 is 2.84 bits per heavy atom. The summed E-state index contributed by atoms with van der Waals surface area (Å²) in [5.41, 5.74) is 10.4. The molecule has 0 aromatic carbocycles. The van der Waals surface area contributed by atoms with Crippen molar-refractivity contribution >= 4 is 5.82 Å². The molecule has 1 aliphatic rings. The van der Waals surface area contributed by atoms with E-state index in [1.54, 1.807) is 0 Å². The standard InChI is InChI=1S/C14H19N5/c1-3-11-10(8-19(2)18-11)14-16-12-7-5-4-6-9(12)13(15)17-14/h8H,3-7H2,1-2H3,(H2,15,16,17). The van der Waals surface area contributed by atoms with E-state index in [2.05, 4.69) is 17.0 Å². The van der Waals surface area contributed by atoms with Gasteiger partial charge in [0.25, 0.3) is 0 Å². The topological polar surface area (TPSA) is 69.6 Å². The second kappa shape index (κ2) is 4.64. The van der Waals surface area contributed by atoms with Crippen molar-refractivity contribution in [3.8, 4) is 11.4 Å². The number of hydrogen-bond acceptors (Lipinski definition) is 4. The minimum atomic E-state index is 0.644. The van der Waals surface area contributed by atoms with Gasteiger partial charge in [0, 0.05) is 24.5 Å². The third-order valence-corrected chi connectivity index (χ3v) is 3.70. The Labute approximate surface area is 112 Å². The lowest BCUT2D eigenvalue weighted by atomic mass is 9.96. The Balaban J connectivity index is 2.12. The maximum Gasteiger partial charge on any atom is 0.165 e. The molecule has 0 spiro atoms. The first kappa shape index (κ1) is 12.1. The van der Waals surface area contributed by atoms with Crippen LogP contribution < -0.4 is 5.73 Å². The number of nitrogen functional groups attached to an aromatic ring is 1. The van der Waals surface area contributed by atoms with E-state index >= 15 is 0 Å². The van der Waals surface area contributed by atoms with Crippen molar-refractivity contribution in [2.24, 2.45) is 7.05 Å². The van der Waals surface area contributed by atoms with Gasteiger partial charge in [0.05, 0.1) is 11.3 Å². The average Bonchev–Trinajstić information content (AvgIpc) is 2.80. The average molecular weight is 257 g/mol. The van der Waals surface area contributed by atoms with Crippen LogP contribution in [0.4, 0.5) is 5.82 Å². The monoisotopic (exact) mass is 257 g/mol. The van der Waals surface area contributed by atoms with Crippen LogP contribution in [0.3, 0.4) is 0 Å². The first-order chi connectivity index (χ1) is 9.19. The smallest absolute Gasteiger partial charge is 0.165 e. The van der Waals surface area contributed by atoms with E-state index in [1.165, 1.54) is 12.8 Å².